The van der Waals surface area contributed by atoms with E-state index in [0.29, 0.717) is 0 Å². The van der Waals surface area contributed by atoms with E-state index in [-0.39, 0.29) is 0 Å². The standard InChI is InChI=1S/C10H14N4/c1-5-6(2)8(12)10-9(7(5)11)13-4-14(10)3/h4H,11-12H2,1-3H3. The van der Waals surface area contributed by atoms with Gasteiger partial charge in [-0.15, -0.1) is 0 Å². The Morgan fingerprint density at radius 1 is 1.14 bits per heavy atom. The number of nitrogen functional groups attached to an aromatic ring is 2. The summed E-state index contributed by atoms with van der Waals surface area (Å²) in [4.78, 5) is 4.24. The van der Waals surface area contributed by atoms with E-state index in [1.54, 1.807) is 6.33 Å². The fourth-order valence-electron chi connectivity index (χ4n) is 1.70. The first-order valence-corrected chi connectivity index (χ1v) is 4.49. The fourth-order valence-corrected chi connectivity index (χ4v) is 1.70. The van der Waals surface area contributed by atoms with E-state index >= 15 is 0 Å². The Kier molecular flexibility index (Phi) is 1.67. The van der Waals surface area contributed by atoms with Gasteiger partial charge in [0.1, 0.15) is 5.52 Å². The highest BCUT2D eigenvalue weighted by molar-refractivity contribution is 5.98. The normalized spacial score (nSPS) is 11.1. The molecule has 0 fully saturated rings. The van der Waals surface area contributed by atoms with Crippen molar-refractivity contribution < 1.29 is 0 Å². The second-order valence-electron chi connectivity index (χ2n) is 3.63. The Morgan fingerprint density at radius 2 is 1.71 bits per heavy atom. The summed E-state index contributed by atoms with van der Waals surface area (Å²) in [6.45, 7) is 3.95. The smallest absolute Gasteiger partial charge is 0.114 e. The lowest BCUT2D eigenvalue weighted by molar-refractivity contribution is 0.948. The van der Waals surface area contributed by atoms with Crippen LogP contribution >= 0.6 is 0 Å². The minimum absolute atomic E-state index is 0.729. The third-order valence-electron chi connectivity index (χ3n) is 2.82. The summed E-state index contributed by atoms with van der Waals surface area (Å²) in [7, 11) is 1.92. The van der Waals surface area contributed by atoms with Crippen LogP contribution in [0.2, 0.25) is 0 Å². The topological polar surface area (TPSA) is 69.9 Å². The zero-order chi connectivity index (χ0) is 10.5. The first kappa shape index (κ1) is 8.87. The van der Waals surface area contributed by atoms with Crippen LogP contribution in [0.1, 0.15) is 11.1 Å². The third kappa shape index (κ3) is 0.907. The van der Waals surface area contributed by atoms with Crippen molar-refractivity contribution in [3.05, 3.63) is 17.5 Å². The predicted molar refractivity (Wildman–Crippen MR) is 59.0 cm³/mol. The van der Waals surface area contributed by atoms with Crippen LogP contribution in [0, 0.1) is 13.8 Å². The van der Waals surface area contributed by atoms with Gasteiger partial charge in [0.2, 0.25) is 0 Å². The number of hydrogen-bond donors (Lipinski definition) is 2. The monoisotopic (exact) mass is 190 g/mol. The van der Waals surface area contributed by atoms with Gasteiger partial charge >= 0.3 is 0 Å². The lowest BCUT2D eigenvalue weighted by Gasteiger charge is -2.10. The summed E-state index contributed by atoms with van der Waals surface area (Å²) in [6, 6.07) is 0. The van der Waals surface area contributed by atoms with Crippen LogP contribution in [0.5, 0.6) is 0 Å². The molecule has 2 rings (SSSR count). The predicted octanol–water partition coefficient (Wildman–Crippen LogP) is 1.35. The number of fused-ring (bicyclic) bond motifs is 1. The van der Waals surface area contributed by atoms with Crippen LogP contribution < -0.4 is 11.5 Å². The van der Waals surface area contributed by atoms with E-state index < -0.39 is 0 Å². The van der Waals surface area contributed by atoms with Crippen molar-refractivity contribution in [2.24, 2.45) is 7.05 Å². The number of rotatable bonds is 0. The van der Waals surface area contributed by atoms with Gasteiger partial charge in [-0.1, -0.05) is 0 Å². The maximum atomic E-state index is 6.02. The zero-order valence-corrected chi connectivity index (χ0v) is 8.63. The molecule has 0 saturated carbocycles. The number of benzene rings is 1. The van der Waals surface area contributed by atoms with Crippen molar-refractivity contribution in [1.29, 1.82) is 0 Å². The Bertz CT molecular complexity index is 511. The van der Waals surface area contributed by atoms with E-state index in [2.05, 4.69) is 4.98 Å². The summed E-state index contributed by atoms with van der Waals surface area (Å²) >= 11 is 0. The second kappa shape index (κ2) is 2.64. The lowest BCUT2D eigenvalue weighted by Crippen LogP contribution is -2.01. The van der Waals surface area contributed by atoms with E-state index in [1.807, 2.05) is 25.5 Å². The fraction of sp³-hybridized carbons (Fsp3) is 0.300. The Morgan fingerprint density at radius 3 is 2.36 bits per heavy atom. The molecule has 0 bridgehead atoms. The van der Waals surface area contributed by atoms with E-state index in [9.17, 15) is 0 Å². The first-order valence-electron chi connectivity index (χ1n) is 4.49. The number of nitrogens with two attached hydrogens (primary N) is 2. The van der Waals surface area contributed by atoms with Gasteiger partial charge in [0.15, 0.2) is 0 Å². The second-order valence-corrected chi connectivity index (χ2v) is 3.63. The highest BCUT2D eigenvalue weighted by atomic mass is 15.0. The number of hydrogen-bond acceptors (Lipinski definition) is 3. The third-order valence-corrected chi connectivity index (χ3v) is 2.82. The van der Waals surface area contributed by atoms with Gasteiger partial charge in [-0.2, -0.15) is 0 Å². The number of aryl methyl sites for hydroxylation is 1. The van der Waals surface area contributed by atoms with Crippen LogP contribution in [-0.4, -0.2) is 9.55 Å². The average Bonchev–Trinajstić information content (AvgIpc) is 2.54. The number of aromatic nitrogens is 2. The number of imidazole rings is 1. The van der Waals surface area contributed by atoms with E-state index in [1.165, 1.54) is 0 Å². The zero-order valence-electron chi connectivity index (χ0n) is 8.63. The van der Waals surface area contributed by atoms with Gasteiger partial charge in [-0.05, 0) is 25.0 Å². The summed E-state index contributed by atoms with van der Waals surface area (Å²) in [5.41, 5.74) is 17.3. The van der Waals surface area contributed by atoms with Crippen molar-refractivity contribution in [1.82, 2.24) is 9.55 Å². The molecule has 0 amide bonds. The molecule has 0 atom stereocenters. The van der Waals surface area contributed by atoms with E-state index in [4.69, 9.17) is 11.5 Å². The number of nitrogens with zero attached hydrogens (tertiary/aromatic N) is 2. The average molecular weight is 190 g/mol. The van der Waals surface area contributed by atoms with Gasteiger partial charge in [-0.3, -0.25) is 0 Å². The van der Waals surface area contributed by atoms with Crippen molar-refractivity contribution >= 4 is 22.4 Å². The van der Waals surface area contributed by atoms with Crippen molar-refractivity contribution in [2.45, 2.75) is 13.8 Å². The maximum Gasteiger partial charge on any atom is 0.114 e. The molecule has 0 unspecified atom stereocenters. The molecule has 0 aliphatic rings. The quantitative estimate of drug-likeness (QED) is 0.616. The highest BCUT2D eigenvalue weighted by Crippen LogP contribution is 2.32. The Balaban J connectivity index is 3.05. The molecule has 1 heterocycles. The van der Waals surface area contributed by atoms with Crippen LogP contribution in [0.4, 0.5) is 11.4 Å². The molecule has 0 saturated heterocycles. The molecule has 4 nitrogen and oxygen atoms in total. The van der Waals surface area contributed by atoms with Crippen LogP contribution in [0.15, 0.2) is 6.33 Å². The van der Waals surface area contributed by atoms with Gasteiger partial charge in [0.05, 0.1) is 23.2 Å². The molecule has 0 aliphatic heterocycles. The van der Waals surface area contributed by atoms with Crippen molar-refractivity contribution in [3.63, 3.8) is 0 Å². The Hall–Kier alpha value is -1.71. The summed E-state index contributed by atoms with van der Waals surface area (Å²) in [6.07, 6.45) is 1.73. The molecule has 0 aliphatic carbocycles. The molecule has 4 heteroatoms. The van der Waals surface area contributed by atoms with Gasteiger partial charge in [0, 0.05) is 7.05 Å². The first-order chi connectivity index (χ1) is 6.54. The van der Waals surface area contributed by atoms with Gasteiger partial charge < -0.3 is 16.0 Å². The lowest BCUT2D eigenvalue weighted by atomic mass is 10.0. The molecule has 4 N–H and O–H groups in total. The number of anilines is 2. The van der Waals surface area contributed by atoms with Crippen molar-refractivity contribution in [2.75, 3.05) is 11.5 Å². The molecular formula is C10H14N4. The molecular weight excluding hydrogens is 176 g/mol. The van der Waals surface area contributed by atoms with Crippen molar-refractivity contribution in [3.8, 4) is 0 Å². The maximum absolute atomic E-state index is 6.02. The van der Waals surface area contributed by atoms with E-state index in [0.717, 1.165) is 33.5 Å². The van der Waals surface area contributed by atoms with Crippen LogP contribution in [0.25, 0.3) is 11.0 Å². The molecule has 74 valence electrons. The largest absolute Gasteiger partial charge is 0.397 e. The minimum atomic E-state index is 0.729. The summed E-state index contributed by atoms with van der Waals surface area (Å²) < 4.78 is 1.90. The van der Waals surface area contributed by atoms with Crippen LogP contribution in [-0.2, 0) is 7.05 Å². The molecule has 1 aromatic heterocycles. The van der Waals surface area contributed by atoms with Gasteiger partial charge in [0.25, 0.3) is 0 Å². The molecule has 0 spiro atoms. The highest BCUT2D eigenvalue weighted by Gasteiger charge is 2.13. The summed E-state index contributed by atoms with van der Waals surface area (Å²) in [5.74, 6) is 0. The minimum Gasteiger partial charge on any atom is -0.397 e. The van der Waals surface area contributed by atoms with Crippen LogP contribution in [0.3, 0.4) is 0 Å². The summed E-state index contributed by atoms with van der Waals surface area (Å²) in [5, 5.41) is 0. The molecule has 1 aromatic carbocycles. The molecule has 2 aromatic rings. The molecule has 0 radical (unpaired) electrons. The Labute approximate surface area is 82.5 Å². The van der Waals surface area contributed by atoms with Gasteiger partial charge in [-0.25, -0.2) is 4.98 Å². The SMILES string of the molecule is Cc1c(C)c(N)c2c(ncn2C)c1N. The molecule has 14 heavy (non-hydrogen) atoms.